The number of benzene rings is 1. The molecule has 1 aliphatic carbocycles. The van der Waals surface area contributed by atoms with Crippen LogP contribution in [0.2, 0.25) is 0 Å². The Balaban J connectivity index is 1.55. The molecule has 0 radical (unpaired) electrons. The lowest BCUT2D eigenvalue weighted by Gasteiger charge is -2.36. The molecule has 1 N–H and O–H groups in total. The van der Waals surface area contributed by atoms with Crippen molar-refractivity contribution in [2.45, 2.75) is 25.3 Å². The van der Waals surface area contributed by atoms with Crippen LogP contribution in [0.3, 0.4) is 0 Å². The van der Waals surface area contributed by atoms with Gasteiger partial charge in [0.05, 0.1) is 0 Å². The van der Waals surface area contributed by atoms with Crippen molar-refractivity contribution in [2.24, 2.45) is 5.92 Å². The monoisotopic (exact) mass is 230 g/mol. The molecule has 0 bridgehead atoms. The molecule has 2 heteroatoms. The van der Waals surface area contributed by atoms with Crippen LogP contribution in [0.1, 0.15) is 18.4 Å². The summed E-state index contributed by atoms with van der Waals surface area (Å²) < 4.78 is 0. The van der Waals surface area contributed by atoms with Crippen molar-refractivity contribution in [3.8, 4) is 0 Å². The summed E-state index contributed by atoms with van der Waals surface area (Å²) in [4.78, 5) is 2.71. The molecule has 1 aromatic rings. The highest BCUT2D eigenvalue weighted by Gasteiger charge is 2.36. The first-order valence-electron chi connectivity index (χ1n) is 6.92. The number of hydrogen-bond acceptors (Lipinski definition) is 2. The summed E-state index contributed by atoms with van der Waals surface area (Å²) in [6.07, 6.45) is 4.10. The second-order valence-electron chi connectivity index (χ2n) is 5.38. The maximum absolute atomic E-state index is 3.54. The van der Waals surface area contributed by atoms with Crippen molar-refractivity contribution in [2.75, 3.05) is 26.2 Å². The quantitative estimate of drug-likeness (QED) is 0.850. The molecule has 1 aliphatic heterocycles. The number of rotatable bonds is 4. The van der Waals surface area contributed by atoms with Gasteiger partial charge in [-0.1, -0.05) is 30.3 Å². The van der Waals surface area contributed by atoms with Gasteiger partial charge in [-0.05, 0) is 30.7 Å². The van der Waals surface area contributed by atoms with Crippen molar-refractivity contribution in [3.05, 3.63) is 35.9 Å². The van der Waals surface area contributed by atoms with Gasteiger partial charge in [-0.15, -0.1) is 0 Å². The molecule has 0 spiro atoms. The highest BCUT2D eigenvalue weighted by atomic mass is 15.2. The van der Waals surface area contributed by atoms with Gasteiger partial charge in [-0.3, -0.25) is 4.90 Å². The SMILES string of the molecule is c1ccc(CCN2CCNCC2C2CC2)cc1. The molecule has 17 heavy (non-hydrogen) atoms. The predicted molar refractivity (Wildman–Crippen MR) is 71.1 cm³/mol. The first-order chi connectivity index (χ1) is 8.43. The summed E-state index contributed by atoms with van der Waals surface area (Å²) in [6.45, 7) is 4.83. The Morgan fingerprint density at radius 2 is 2.00 bits per heavy atom. The highest BCUT2D eigenvalue weighted by Crippen LogP contribution is 2.35. The van der Waals surface area contributed by atoms with Crippen molar-refractivity contribution >= 4 is 0 Å². The second kappa shape index (κ2) is 5.19. The Labute approximate surface area is 104 Å². The molecular formula is C15H22N2. The molecule has 2 aliphatic rings. The third-order valence-electron chi connectivity index (χ3n) is 4.09. The first-order valence-corrected chi connectivity index (χ1v) is 6.92. The lowest BCUT2D eigenvalue weighted by molar-refractivity contribution is 0.145. The van der Waals surface area contributed by atoms with E-state index in [9.17, 15) is 0 Å². The third kappa shape index (κ3) is 2.88. The summed E-state index contributed by atoms with van der Waals surface area (Å²) >= 11 is 0. The number of piperazine rings is 1. The minimum Gasteiger partial charge on any atom is -0.314 e. The van der Waals surface area contributed by atoms with E-state index in [2.05, 4.69) is 40.5 Å². The van der Waals surface area contributed by atoms with Crippen LogP contribution in [0.4, 0.5) is 0 Å². The third-order valence-corrected chi connectivity index (χ3v) is 4.09. The Hall–Kier alpha value is -0.860. The smallest absolute Gasteiger partial charge is 0.0249 e. The van der Waals surface area contributed by atoms with Crippen LogP contribution in [0, 0.1) is 5.92 Å². The van der Waals surface area contributed by atoms with Gasteiger partial charge in [0, 0.05) is 32.2 Å². The van der Waals surface area contributed by atoms with Crippen molar-refractivity contribution in [3.63, 3.8) is 0 Å². The lowest BCUT2D eigenvalue weighted by Crippen LogP contribution is -2.52. The Kier molecular flexibility index (Phi) is 3.44. The summed E-state index contributed by atoms with van der Waals surface area (Å²) in [5, 5.41) is 3.54. The molecule has 0 amide bonds. The molecule has 1 aromatic carbocycles. The average Bonchev–Trinajstić information content (AvgIpc) is 3.22. The van der Waals surface area contributed by atoms with Gasteiger partial charge in [0.1, 0.15) is 0 Å². The number of hydrogen-bond donors (Lipinski definition) is 1. The van der Waals surface area contributed by atoms with Gasteiger partial charge >= 0.3 is 0 Å². The standard InChI is InChI=1S/C15H22N2/c1-2-4-13(5-3-1)8-10-17-11-9-16-12-15(17)14-6-7-14/h1-5,14-16H,6-12H2. The zero-order chi connectivity index (χ0) is 11.5. The molecule has 2 fully saturated rings. The number of nitrogens with zero attached hydrogens (tertiary/aromatic N) is 1. The Morgan fingerprint density at radius 1 is 1.18 bits per heavy atom. The van der Waals surface area contributed by atoms with E-state index in [1.807, 2.05) is 0 Å². The van der Waals surface area contributed by atoms with Gasteiger partial charge in [0.25, 0.3) is 0 Å². The van der Waals surface area contributed by atoms with Gasteiger partial charge in [-0.2, -0.15) is 0 Å². The molecule has 3 rings (SSSR count). The van der Waals surface area contributed by atoms with Crippen LogP contribution in [0.25, 0.3) is 0 Å². The van der Waals surface area contributed by atoms with Crippen molar-refractivity contribution in [1.82, 2.24) is 10.2 Å². The molecule has 2 nitrogen and oxygen atoms in total. The van der Waals surface area contributed by atoms with Crippen molar-refractivity contribution < 1.29 is 0 Å². The van der Waals surface area contributed by atoms with E-state index in [1.165, 1.54) is 44.5 Å². The van der Waals surface area contributed by atoms with Crippen molar-refractivity contribution in [1.29, 1.82) is 0 Å². The van der Waals surface area contributed by atoms with E-state index in [-0.39, 0.29) is 0 Å². The van der Waals surface area contributed by atoms with Crippen LogP contribution in [-0.2, 0) is 6.42 Å². The summed E-state index contributed by atoms with van der Waals surface area (Å²) in [7, 11) is 0. The van der Waals surface area contributed by atoms with Gasteiger partial charge < -0.3 is 5.32 Å². The van der Waals surface area contributed by atoms with E-state index in [4.69, 9.17) is 0 Å². The summed E-state index contributed by atoms with van der Waals surface area (Å²) in [6, 6.07) is 11.7. The maximum Gasteiger partial charge on any atom is 0.0249 e. The van der Waals surface area contributed by atoms with Crippen LogP contribution < -0.4 is 5.32 Å². The van der Waals surface area contributed by atoms with Crippen LogP contribution >= 0.6 is 0 Å². The van der Waals surface area contributed by atoms with E-state index in [0.717, 1.165) is 18.5 Å². The molecule has 92 valence electrons. The average molecular weight is 230 g/mol. The maximum atomic E-state index is 3.54. The fraction of sp³-hybridized carbons (Fsp3) is 0.600. The molecular weight excluding hydrogens is 208 g/mol. The largest absolute Gasteiger partial charge is 0.314 e. The second-order valence-corrected chi connectivity index (χ2v) is 5.38. The summed E-state index contributed by atoms with van der Waals surface area (Å²) in [5.74, 6) is 0.985. The van der Waals surface area contributed by atoms with E-state index < -0.39 is 0 Å². The molecule has 1 saturated heterocycles. The van der Waals surface area contributed by atoms with E-state index in [0.29, 0.717) is 0 Å². The van der Waals surface area contributed by atoms with Crippen LogP contribution in [-0.4, -0.2) is 37.1 Å². The Bertz CT molecular complexity index is 345. The van der Waals surface area contributed by atoms with E-state index in [1.54, 1.807) is 0 Å². The normalized spacial score (nSPS) is 26.0. The zero-order valence-electron chi connectivity index (χ0n) is 10.4. The lowest BCUT2D eigenvalue weighted by atomic mass is 10.1. The van der Waals surface area contributed by atoms with Gasteiger partial charge in [0.15, 0.2) is 0 Å². The van der Waals surface area contributed by atoms with Gasteiger partial charge in [-0.25, -0.2) is 0 Å². The molecule has 1 saturated carbocycles. The van der Waals surface area contributed by atoms with Crippen LogP contribution in [0.15, 0.2) is 30.3 Å². The number of nitrogens with one attached hydrogen (secondary N) is 1. The van der Waals surface area contributed by atoms with E-state index >= 15 is 0 Å². The Morgan fingerprint density at radius 3 is 2.76 bits per heavy atom. The topological polar surface area (TPSA) is 15.3 Å². The molecule has 0 aromatic heterocycles. The minimum absolute atomic E-state index is 0.812. The molecule has 1 atom stereocenters. The minimum atomic E-state index is 0.812. The fourth-order valence-corrected chi connectivity index (χ4v) is 2.91. The zero-order valence-corrected chi connectivity index (χ0v) is 10.4. The first kappa shape index (κ1) is 11.2. The molecule has 1 heterocycles. The summed E-state index contributed by atoms with van der Waals surface area (Å²) in [5.41, 5.74) is 1.47. The highest BCUT2D eigenvalue weighted by molar-refractivity contribution is 5.15. The predicted octanol–water partition coefficient (Wildman–Crippen LogP) is 1.91. The van der Waals surface area contributed by atoms with Crippen LogP contribution in [0.5, 0.6) is 0 Å². The molecule has 1 unspecified atom stereocenters. The van der Waals surface area contributed by atoms with Gasteiger partial charge in [0.2, 0.25) is 0 Å². The fourth-order valence-electron chi connectivity index (χ4n) is 2.91.